The van der Waals surface area contributed by atoms with Gasteiger partial charge in [-0.25, -0.2) is 14.5 Å². The Balaban J connectivity index is 1.47. The number of aryl methyl sites for hydroxylation is 1. The summed E-state index contributed by atoms with van der Waals surface area (Å²) in [7, 11) is 1.55. The van der Waals surface area contributed by atoms with Crippen molar-refractivity contribution in [3.05, 3.63) is 130 Å². The van der Waals surface area contributed by atoms with Gasteiger partial charge in [-0.05, 0) is 55.6 Å². The third kappa shape index (κ3) is 4.86. The van der Waals surface area contributed by atoms with Gasteiger partial charge in [0.2, 0.25) is 5.88 Å². The van der Waals surface area contributed by atoms with E-state index in [1.807, 2.05) is 61.5 Å². The Hall–Kier alpha value is -5.75. The second kappa shape index (κ2) is 11.0. The maximum atomic E-state index is 14.3. The minimum Gasteiger partial charge on any atom is -0.481 e. The molecule has 0 unspecified atom stereocenters. The Morgan fingerprint density at radius 1 is 0.976 bits per heavy atom. The summed E-state index contributed by atoms with van der Waals surface area (Å²) in [5.41, 5.74) is 3.79. The minimum atomic E-state index is -0.535. The number of hydrogen-bond acceptors (Lipinski definition) is 6. The smallest absolute Gasteiger partial charge is 0.264 e. The molecule has 206 valence electrons. The van der Waals surface area contributed by atoms with Crippen LogP contribution in [0.15, 0.2) is 96.2 Å². The fraction of sp³-hybridized carbons (Fsp3) is 0.121. The average Bonchev–Trinajstić information content (AvgIpc) is 3.36. The number of para-hydroxylation sites is 1. The number of amides is 1. The van der Waals surface area contributed by atoms with Crippen LogP contribution in [0.2, 0.25) is 0 Å². The van der Waals surface area contributed by atoms with Crippen LogP contribution in [0.1, 0.15) is 45.8 Å². The Kier molecular flexibility index (Phi) is 6.95. The first-order valence-corrected chi connectivity index (χ1v) is 13.3. The number of aromatic nitrogens is 5. The normalized spacial score (nSPS) is 11.6. The van der Waals surface area contributed by atoms with E-state index in [-0.39, 0.29) is 11.5 Å². The van der Waals surface area contributed by atoms with Gasteiger partial charge < -0.3 is 10.1 Å². The van der Waals surface area contributed by atoms with Gasteiger partial charge in [0.15, 0.2) is 5.65 Å². The Morgan fingerprint density at radius 3 is 2.62 bits per heavy atom. The number of nitrogens with zero attached hydrogens (tertiary/aromatic N) is 5. The summed E-state index contributed by atoms with van der Waals surface area (Å²) in [4.78, 5) is 36.2. The van der Waals surface area contributed by atoms with Crippen LogP contribution in [0.3, 0.4) is 0 Å². The number of pyridine rings is 2. The molecule has 0 aliphatic heterocycles. The average molecular weight is 555 g/mol. The molecule has 4 heterocycles. The molecule has 2 aromatic carbocycles. The van der Waals surface area contributed by atoms with Crippen LogP contribution in [0.4, 0.5) is 0 Å². The summed E-state index contributed by atoms with van der Waals surface area (Å²) < 4.78 is 8.42. The first-order valence-electron chi connectivity index (χ1n) is 13.3. The zero-order valence-corrected chi connectivity index (χ0v) is 23.2. The molecule has 0 fully saturated rings. The second-order valence-corrected chi connectivity index (χ2v) is 9.70. The molecule has 9 heteroatoms. The molecular formula is C33H26N6O3. The molecule has 0 bridgehead atoms. The summed E-state index contributed by atoms with van der Waals surface area (Å²) in [5, 5.41) is 8.68. The van der Waals surface area contributed by atoms with Gasteiger partial charge >= 0.3 is 0 Å². The summed E-state index contributed by atoms with van der Waals surface area (Å²) in [6.07, 6.45) is 5.00. The molecule has 0 spiro atoms. The summed E-state index contributed by atoms with van der Waals surface area (Å²) in [5.74, 6) is 6.42. The summed E-state index contributed by atoms with van der Waals surface area (Å²) in [6, 6.07) is 21.6. The number of methoxy groups -OCH3 is 1. The molecule has 42 heavy (non-hydrogen) atoms. The van der Waals surface area contributed by atoms with Gasteiger partial charge in [-0.15, -0.1) is 0 Å². The zero-order chi connectivity index (χ0) is 29.2. The maximum Gasteiger partial charge on any atom is 0.264 e. The van der Waals surface area contributed by atoms with Crippen molar-refractivity contribution in [2.75, 3.05) is 7.11 Å². The van der Waals surface area contributed by atoms with Crippen molar-refractivity contribution in [1.29, 1.82) is 0 Å². The zero-order valence-electron chi connectivity index (χ0n) is 23.2. The minimum absolute atomic E-state index is 0.235. The van der Waals surface area contributed by atoms with E-state index in [9.17, 15) is 9.59 Å². The Morgan fingerprint density at radius 2 is 1.81 bits per heavy atom. The van der Waals surface area contributed by atoms with E-state index in [2.05, 4.69) is 32.2 Å². The number of benzene rings is 2. The molecular weight excluding hydrogens is 528 g/mol. The van der Waals surface area contributed by atoms with Crippen LogP contribution in [0.5, 0.6) is 5.88 Å². The van der Waals surface area contributed by atoms with Crippen molar-refractivity contribution in [2.24, 2.45) is 0 Å². The van der Waals surface area contributed by atoms with Crippen molar-refractivity contribution in [2.45, 2.75) is 19.9 Å². The number of ether oxygens (including phenoxy) is 1. The maximum absolute atomic E-state index is 14.3. The highest BCUT2D eigenvalue weighted by Gasteiger charge is 2.23. The lowest BCUT2D eigenvalue weighted by Crippen LogP contribution is -2.32. The molecule has 6 rings (SSSR count). The van der Waals surface area contributed by atoms with Gasteiger partial charge in [0.25, 0.3) is 11.5 Å². The van der Waals surface area contributed by atoms with E-state index in [1.165, 1.54) is 0 Å². The van der Waals surface area contributed by atoms with Gasteiger partial charge in [-0.3, -0.25) is 14.2 Å². The number of nitrogens with one attached hydrogen (secondary N) is 1. The van der Waals surface area contributed by atoms with Crippen LogP contribution >= 0.6 is 0 Å². The van der Waals surface area contributed by atoms with Gasteiger partial charge in [-0.1, -0.05) is 42.2 Å². The highest BCUT2D eigenvalue weighted by Crippen LogP contribution is 2.24. The van der Waals surface area contributed by atoms with E-state index in [1.54, 1.807) is 59.9 Å². The van der Waals surface area contributed by atoms with Crippen molar-refractivity contribution < 1.29 is 9.53 Å². The van der Waals surface area contributed by atoms with Gasteiger partial charge in [0.05, 0.1) is 24.2 Å². The fourth-order valence-corrected chi connectivity index (χ4v) is 4.99. The Bertz CT molecular complexity index is 2090. The van der Waals surface area contributed by atoms with Crippen LogP contribution < -0.4 is 15.6 Å². The standard InChI is InChI=1S/C33H26N6O3/c1-21(36-32(40)29-22(2)37-38-18-8-16-35-31(29)38)27-20-25-10-7-9-24(14-13-23-15-17-34-28(19-23)42-3)30(25)33(41)39(27)26-11-5-4-6-12-26/h4-12,15-21H,1-3H3,(H,36,40)/t21-/m1/s1. The van der Waals surface area contributed by atoms with Crippen LogP contribution in [0.25, 0.3) is 22.1 Å². The SMILES string of the molecule is COc1cc(C#Cc2cccc3cc([C@@H](C)NC(=O)c4c(C)nn5cccnc45)n(-c4ccccc4)c(=O)c23)ccn1. The lowest BCUT2D eigenvalue weighted by molar-refractivity contribution is 0.0939. The first-order chi connectivity index (χ1) is 20.4. The van der Waals surface area contributed by atoms with Crippen LogP contribution in [0, 0.1) is 18.8 Å². The second-order valence-electron chi connectivity index (χ2n) is 9.70. The van der Waals surface area contributed by atoms with Gasteiger partial charge in [0, 0.05) is 47.2 Å². The molecule has 0 aliphatic rings. The van der Waals surface area contributed by atoms with Gasteiger partial charge in [0.1, 0.15) is 5.56 Å². The van der Waals surface area contributed by atoms with E-state index < -0.39 is 6.04 Å². The van der Waals surface area contributed by atoms with Crippen molar-refractivity contribution in [1.82, 2.24) is 29.5 Å². The van der Waals surface area contributed by atoms with Crippen molar-refractivity contribution in [3.63, 3.8) is 0 Å². The lowest BCUT2D eigenvalue weighted by Gasteiger charge is -2.21. The van der Waals surface area contributed by atoms with Crippen molar-refractivity contribution in [3.8, 4) is 23.4 Å². The molecule has 0 saturated heterocycles. The quantitative estimate of drug-likeness (QED) is 0.312. The molecule has 0 radical (unpaired) electrons. The molecule has 0 saturated carbocycles. The predicted octanol–water partition coefficient (Wildman–Crippen LogP) is 4.64. The predicted molar refractivity (Wildman–Crippen MR) is 160 cm³/mol. The highest BCUT2D eigenvalue weighted by molar-refractivity contribution is 6.01. The third-order valence-corrected chi connectivity index (χ3v) is 6.96. The van der Waals surface area contributed by atoms with Crippen molar-refractivity contribution >= 4 is 22.3 Å². The topological polar surface area (TPSA) is 103 Å². The number of fused-ring (bicyclic) bond motifs is 2. The van der Waals surface area contributed by atoms with Gasteiger partial charge in [-0.2, -0.15) is 5.10 Å². The van der Waals surface area contributed by atoms with E-state index >= 15 is 0 Å². The molecule has 1 N–H and O–H groups in total. The van der Waals surface area contributed by atoms with Crippen LogP contribution in [-0.4, -0.2) is 37.2 Å². The molecule has 9 nitrogen and oxygen atoms in total. The molecule has 1 atom stereocenters. The largest absolute Gasteiger partial charge is 0.481 e. The summed E-state index contributed by atoms with van der Waals surface area (Å²) in [6.45, 7) is 3.63. The molecule has 1 amide bonds. The van der Waals surface area contributed by atoms with Crippen LogP contribution in [-0.2, 0) is 0 Å². The number of hydrogen-bond donors (Lipinski definition) is 1. The monoisotopic (exact) mass is 554 g/mol. The number of carbonyl (C=O) groups excluding carboxylic acids is 1. The fourth-order valence-electron chi connectivity index (χ4n) is 4.99. The molecule has 4 aromatic heterocycles. The van der Waals surface area contributed by atoms with E-state index in [0.717, 1.165) is 5.39 Å². The molecule has 6 aromatic rings. The number of carbonyl (C=O) groups is 1. The lowest BCUT2D eigenvalue weighted by atomic mass is 10.0. The van der Waals surface area contributed by atoms with E-state index in [0.29, 0.717) is 50.7 Å². The summed E-state index contributed by atoms with van der Waals surface area (Å²) >= 11 is 0. The first kappa shape index (κ1) is 26.5. The number of rotatable bonds is 5. The third-order valence-electron chi connectivity index (χ3n) is 6.96. The highest BCUT2D eigenvalue weighted by atomic mass is 16.5. The molecule has 0 aliphatic carbocycles. The van der Waals surface area contributed by atoms with E-state index in [4.69, 9.17) is 4.74 Å². The Labute approximate surface area is 241 Å².